The molecule has 1 aromatic heterocycles. The highest BCUT2D eigenvalue weighted by Crippen LogP contribution is 2.26. The van der Waals surface area contributed by atoms with Crippen LogP contribution >= 0.6 is 0 Å². The number of hydrogen-bond donors (Lipinski definition) is 1. The van der Waals surface area contributed by atoms with Crippen molar-refractivity contribution in [1.29, 1.82) is 0 Å². The lowest BCUT2D eigenvalue weighted by atomic mass is 10.2. The molecular weight excluding hydrogens is 176 g/mol. The van der Waals surface area contributed by atoms with Crippen LogP contribution in [0.4, 0.5) is 5.69 Å². The molecule has 0 saturated carbocycles. The van der Waals surface area contributed by atoms with Gasteiger partial charge in [-0.1, -0.05) is 18.2 Å². The van der Waals surface area contributed by atoms with E-state index in [2.05, 4.69) is 16.7 Å². The highest BCUT2D eigenvalue weighted by atomic mass is 16.3. The Balaban J connectivity index is 2.66. The number of aryl methyl sites for hydroxylation is 1. The van der Waals surface area contributed by atoms with Crippen molar-refractivity contribution in [2.75, 3.05) is 18.7 Å². The van der Waals surface area contributed by atoms with Gasteiger partial charge in [-0.3, -0.25) is 0 Å². The topological polar surface area (TPSA) is 28.4 Å². The second kappa shape index (κ2) is 3.35. The number of nitrogens with zero attached hydrogens (tertiary/aromatic N) is 2. The van der Waals surface area contributed by atoms with Crippen LogP contribution in [0.3, 0.4) is 0 Å². The van der Waals surface area contributed by atoms with Crippen LogP contribution in [-0.2, 0) is 7.05 Å². The number of aliphatic hydroxyl groups is 1. The van der Waals surface area contributed by atoms with Crippen LogP contribution in [0.25, 0.3) is 10.9 Å². The Bertz CT molecular complexity index is 447. The smallest absolute Gasteiger partial charge is 0.115 e. The first-order valence-corrected chi connectivity index (χ1v) is 4.60. The maximum atomic E-state index is 9.07. The van der Waals surface area contributed by atoms with E-state index in [1.165, 1.54) is 10.9 Å². The molecule has 0 aliphatic carbocycles. The van der Waals surface area contributed by atoms with Crippen molar-refractivity contribution >= 4 is 16.6 Å². The molecule has 3 heteroatoms. The van der Waals surface area contributed by atoms with E-state index >= 15 is 0 Å². The molecule has 2 rings (SSSR count). The second-order valence-electron chi connectivity index (χ2n) is 3.48. The van der Waals surface area contributed by atoms with Crippen LogP contribution in [0.5, 0.6) is 0 Å². The van der Waals surface area contributed by atoms with Gasteiger partial charge in [0.1, 0.15) is 6.73 Å². The normalized spacial score (nSPS) is 10.8. The molecule has 0 aliphatic rings. The van der Waals surface area contributed by atoms with Crippen LogP contribution < -0.4 is 4.90 Å². The molecule has 0 fully saturated rings. The van der Waals surface area contributed by atoms with E-state index in [-0.39, 0.29) is 6.73 Å². The lowest BCUT2D eigenvalue weighted by Gasteiger charge is -2.13. The zero-order chi connectivity index (χ0) is 10.1. The molecular formula is C11H14N2O. The van der Waals surface area contributed by atoms with Crippen molar-refractivity contribution in [2.45, 2.75) is 0 Å². The zero-order valence-electron chi connectivity index (χ0n) is 8.44. The van der Waals surface area contributed by atoms with Gasteiger partial charge in [-0.05, 0) is 6.07 Å². The molecule has 74 valence electrons. The Hall–Kier alpha value is -1.48. The number of aromatic nitrogens is 1. The van der Waals surface area contributed by atoms with Crippen molar-refractivity contribution in [2.24, 2.45) is 7.05 Å². The molecule has 0 unspecified atom stereocenters. The van der Waals surface area contributed by atoms with Crippen molar-refractivity contribution in [1.82, 2.24) is 4.57 Å². The lowest BCUT2D eigenvalue weighted by molar-refractivity contribution is 0.299. The van der Waals surface area contributed by atoms with Crippen molar-refractivity contribution in [3.8, 4) is 0 Å². The third-order valence-corrected chi connectivity index (χ3v) is 2.50. The monoisotopic (exact) mass is 190 g/mol. The van der Waals surface area contributed by atoms with Crippen LogP contribution in [0.2, 0.25) is 0 Å². The van der Waals surface area contributed by atoms with E-state index in [9.17, 15) is 0 Å². The fraction of sp³-hybridized carbons (Fsp3) is 0.273. The molecule has 1 aromatic carbocycles. The van der Waals surface area contributed by atoms with Gasteiger partial charge in [0.05, 0.1) is 5.69 Å². The SMILES string of the molecule is CN(CO)c1cn(C)c2ccccc12. The van der Waals surface area contributed by atoms with Gasteiger partial charge in [0.15, 0.2) is 0 Å². The van der Waals surface area contributed by atoms with Gasteiger partial charge < -0.3 is 14.6 Å². The standard InChI is InChI=1S/C11H14N2O/c1-12-7-11(13(2)8-14)9-5-3-4-6-10(9)12/h3-7,14H,8H2,1-2H3. The summed E-state index contributed by atoms with van der Waals surface area (Å²) in [6.07, 6.45) is 2.03. The van der Waals surface area contributed by atoms with Crippen LogP contribution in [-0.4, -0.2) is 23.5 Å². The number of para-hydroxylation sites is 1. The lowest BCUT2D eigenvalue weighted by Crippen LogP contribution is -2.17. The fourth-order valence-corrected chi connectivity index (χ4v) is 1.70. The van der Waals surface area contributed by atoms with Gasteiger partial charge in [-0.2, -0.15) is 0 Å². The zero-order valence-corrected chi connectivity index (χ0v) is 8.44. The summed E-state index contributed by atoms with van der Waals surface area (Å²) in [5.74, 6) is 0. The van der Waals surface area contributed by atoms with Crippen molar-refractivity contribution < 1.29 is 5.11 Å². The summed E-state index contributed by atoms with van der Waals surface area (Å²) in [6, 6.07) is 8.17. The molecule has 0 aliphatic heterocycles. The molecule has 0 atom stereocenters. The molecule has 3 nitrogen and oxygen atoms in total. The first-order valence-electron chi connectivity index (χ1n) is 4.60. The van der Waals surface area contributed by atoms with Crippen LogP contribution in [0.1, 0.15) is 0 Å². The first kappa shape index (κ1) is 9.09. The number of aliphatic hydroxyl groups excluding tert-OH is 1. The number of hydrogen-bond acceptors (Lipinski definition) is 2. The summed E-state index contributed by atoms with van der Waals surface area (Å²) < 4.78 is 2.07. The largest absolute Gasteiger partial charge is 0.376 e. The number of anilines is 1. The molecule has 1 heterocycles. The van der Waals surface area contributed by atoms with E-state index in [4.69, 9.17) is 5.11 Å². The average Bonchev–Trinajstić information content (AvgIpc) is 2.56. The van der Waals surface area contributed by atoms with E-state index in [0.717, 1.165) is 5.69 Å². The Kier molecular flexibility index (Phi) is 2.17. The Morgan fingerprint density at radius 2 is 2.07 bits per heavy atom. The predicted molar refractivity (Wildman–Crippen MR) is 58.4 cm³/mol. The third kappa shape index (κ3) is 1.26. The second-order valence-corrected chi connectivity index (χ2v) is 3.48. The first-order chi connectivity index (χ1) is 6.74. The highest BCUT2D eigenvalue weighted by Gasteiger charge is 2.08. The maximum Gasteiger partial charge on any atom is 0.115 e. The Labute approximate surface area is 83.2 Å². The summed E-state index contributed by atoms with van der Waals surface area (Å²) in [5.41, 5.74) is 2.24. The minimum atomic E-state index is 0.0357. The van der Waals surface area contributed by atoms with Gasteiger partial charge in [-0.25, -0.2) is 0 Å². The van der Waals surface area contributed by atoms with Gasteiger partial charge in [0.2, 0.25) is 0 Å². The van der Waals surface area contributed by atoms with Gasteiger partial charge in [-0.15, -0.1) is 0 Å². The maximum absolute atomic E-state index is 9.07. The Morgan fingerprint density at radius 1 is 1.36 bits per heavy atom. The Morgan fingerprint density at radius 3 is 2.79 bits per heavy atom. The average molecular weight is 190 g/mol. The number of benzene rings is 1. The summed E-state index contributed by atoms with van der Waals surface area (Å²) in [5, 5.41) is 10.2. The summed E-state index contributed by atoms with van der Waals surface area (Å²) in [7, 11) is 3.89. The summed E-state index contributed by atoms with van der Waals surface area (Å²) >= 11 is 0. The molecule has 0 radical (unpaired) electrons. The third-order valence-electron chi connectivity index (χ3n) is 2.50. The quantitative estimate of drug-likeness (QED) is 0.728. The molecule has 0 spiro atoms. The van der Waals surface area contributed by atoms with Gasteiger partial charge >= 0.3 is 0 Å². The van der Waals surface area contributed by atoms with Crippen molar-refractivity contribution in [3.05, 3.63) is 30.5 Å². The minimum absolute atomic E-state index is 0.0357. The number of fused-ring (bicyclic) bond motifs is 1. The van der Waals surface area contributed by atoms with Crippen LogP contribution in [0, 0.1) is 0 Å². The van der Waals surface area contributed by atoms with Gasteiger partial charge in [0, 0.05) is 31.2 Å². The summed E-state index contributed by atoms with van der Waals surface area (Å²) in [6.45, 7) is 0.0357. The molecule has 0 amide bonds. The van der Waals surface area contributed by atoms with E-state index < -0.39 is 0 Å². The van der Waals surface area contributed by atoms with E-state index in [0.29, 0.717) is 0 Å². The highest BCUT2D eigenvalue weighted by molar-refractivity contribution is 5.93. The molecule has 1 N–H and O–H groups in total. The van der Waals surface area contributed by atoms with Crippen molar-refractivity contribution in [3.63, 3.8) is 0 Å². The fourth-order valence-electron chi connectivity index (χ4n) is 1.70. The molecule has 0 bridgehead atoms. The minimum Gasteiger partial charge on any atom is -0.376 e. The summed E-state index contributed by atoms with van der Waals surface area (Å²) in [4.78, 5) is 1.82. The van der Waals surface area contributed by atoms with Crippen LogP contribution in [0.15, 0.2) is 30.5 Å². The predicted octanol–water partition coefficient (Wildman–Crippen LogP) is 1.56. The molecule has 0 saturated heterocycles. The van der Waals surface area contributed by atoms with Gasteiger partial charge in [0.25, 0.3) is 0 Å². The number of rotatable bonds is 2. The molecule has 2 aromatic rings. The van der Waals surface area contributed by atoms with E-state index in [1.54, 1.807) is 0 Å². The molecule has 14 heavy (non-hydrogen) atoms. The van der Waals surface area contributed by atoms with E-state index in [1.807, 2.05) is 37.3 Å².